The predicted octanol–water partition coefficient (Wildman–Crippen LogP) is 2.48. The van der Waals surface area contributed by atoms with E-state index in [-0.39, 0.29) is 36.7 Å². The van der Waals surface area contributed by atoms with Crippen molar-refractivity contribution in [3.63, 3.8) is 0 Å². The van der Waals surface area contributed by atoms with E-state index in [4.69, 9.17) is 0 Å². The summed E-state index contributed by atoms with van der Waals surface area (Å²) in [6, 6.07) is 17.2. The number of benzene rings is 2. The van der Waals surface area contributed by atoms with Crippen LogP contribution in [-0.4, -0.2) is 84.4 Å². The lowest BCUT2D eigenvalue weighted by Crippen LogP contribution is -2.62. The number of amides is 3. The number of hydrogen-bond acceptors (Lipinski definition) is 5. The molecule has 36 heavy (non-hydrogen) atoms. The number of piperazine rings is 1. The Balaban J connectivity index is 1.29. The van der Waals surface area contributed by atoms with Gasteiger partial charge in [0.25, 0.3) is 5.91 Å². The predicted molar refractivity (Wildman–Crippen MR) is 138 cm³/mol. The van der Waals surface area contributed by atoms with Gasteiger partial charge in [-0.25, -0.2) is 0 Å². The van der Waals surface area contributed by atoms with E-state index in [1.54, 1.807) is 15.9 Å². The molecule has 2 saturated heterocycles. The number of carbonyl (C=O) groups is 3. The first-order valence-electron chi connectivity index (χ1n) is 12.9. The standard InChI is InChI=1S/C28H35N5O3/c1-28-14-12-26(35)33(28)24-11-7-6-10-22(24)27(36)32(28)15-13-25(34)29-23(21-8-4-3-5-9-21)20-31-18-16-30(2)17-19-31/h3-11,23H,12-20H2,1-2H3,(H,29,34). The normalized spacial score (nSPS) is 23.4. The maximum Gasteiger partial charge on any atom is 0.257 e. The average Bonchev–Trinajstić information content (AvgIpc) is 3.20. The van der Waals surface area contributed by atoms with Crippen molar-refractivity contribution in [2.45, 2.75) is 37.9 Å². The Hall–Kier alpha value is -3.23. The summed E-state index contributed by atoms with van der Waals surface area (Å²) in [6.07, 6.45) is 1.13. The van der Waals surface area contributed by atoms with Crippen molar-refractivity contribution in [1.29, 1.82) is 0 Å². The van der Waals surface area contributed by atoms with Gasteiger partial charge in [-0.05, 0) is 38.1 Å². The van der Waals surface area contributed by atoms with Crippen LogP contribution in [0.5, 0.6) is 0 Å². The highest BCUT2D eigenvalue weighted by molar-refractivity contribution is 6.10. The maximum atomic E-state index is 13.5. The largest absolute Gasteiger partial charge is 0.348 e. The number of nitrogens with zero attached hydrogens (tertiary/aromatic N) is 4. The van der Waals surface area contributed by atoms with E-state index in [2.05, 4.69) is 34.3 Å². The molecular weight excluding hydrogens is 454 g/mol. The first kappa shape index (κ1) is 24.5. The zero-order valence-corrected chi connectivity index (χ0v) is 21.2. The average molecular weight is 490 g/mol. The van der Waals surface area contributed by atoms with Crippen molar-refractivity contribution in [3.8, 4) is 0 Å². The Morgan fingerprint density at radius 1 is 1.00 bits per heavy atom. The molecule has 3 aliphatic heterocycles. The summed E-state index contributed by atoms with van der Waals surface area (Å²) in [7, 11) is 2.13. The zero-order valence-electron chi connectivity index (χ0n) is 21.2. The fourth-order valence-corrected chi connectivity index (χ4v) is 5.73. The van der Waals surface area contributed by atoms with Gasteiger partial charge in [0.15, 0.2) is 0 Å². The van der Waals surface area contributed by atoms with Gasteiger partial charge >= 0.3 is 0 Å². The van der Waals surface area contributed by atoms with Crippen LogP contribution in [0.15, 0.2) is 54.6 Å². The maximum absolute atomic E-state index is 13.5. The van der Waals surface area contributed by atoms with Crippen molar-refractivity contribution in [2.24, 2.45) is 0 Å². The van der Waals surface area contributed by atoms with Crippen LogP contribution in [0.1, 0.15) is 48.1 Å². The molecule has 8 nitrogen and oxygen atoms in total. The minimum atomic E-state index is -0.749. The summed E-state index contributed by atoms with van der Waals surface area (Å²) in [4.78, 5) is 47.6. The van der Waals surface area contributed by atoms with E-state index >= 15 is 0 Å². The highest BCUT2D eigenvalue weighted by Gasteiger charge is 2.52. The van der Waals surface area contributed by atoms with Gasteiger partial charge in [0.05, 0.1) is 17.3 Å². The van der Waals surface area contributed by atoms with Gasteiger partial charge in [-0.3, -0.25) is 24.2 Å². The monoisotopic (exact) mass is 489 g/mol. The first-order valence-corrected chi connectivity index (χ1v) is 12.9. The Bertz CT molecular complexity index is 1130. The molecule has 2 atom stereocenters. The lowest BCUT2D eigenvalue weighted by molar-refractivity contribution is -0.122. The van der Waals surface area contributed by atoms with E-state index in [1.165, 1.54) is 0 Å². The van der Waals surface area contributed by atoms with Crippen molar-refractivity contribution in [1.82, 2.24) is 20.0 Å². The number of fused-ring (bicyclic) bond motifs is 3. The summed E-state index contributed by atoms with van der Waals surface area (Å²) in [5, 5.41) is 3.23. The SMILES string of the molecule is CN1CCN(CC(NC(=O)CCN2C(=O)c3ccccc3N3C(=O)CCC23C)c2ccccc2)CC1. The zero-order chi connectivity index (χ0) is 25.3. The molecule has 2 aromatic carbocycles. The second-order valence-corrected chi connectivity index (χ2v) is 10.3. The minimum Gasteiger partial charge on any atom is -0.348 e. The van der Waals surface area contributed by atoms with Crippen LogP contribution in [0.4, 0.5) is 5.69 Å². The topological polar surface area (TPSA) is 76.2 Å². The molecule has 0 aliphatic carbocycles. The van der Waals surface area contributed by atoms with Crippen LogP contribution < -0.4 is 10.2 Å². The van der Waals surface area contributed by atoms with Crippen LogP contribution in [-0.2, 0) is 9.59 Å². The van der Waals surface area contributed by atoms with Crippen LogP contribution in [0.3, 0.4) is 0 Å². The van der Waals surface area contributed by atoms with Crippen molar-refractivity contribution < 1.29 is 14.4 Å². The van der Waals surface area contributed by atoms with Crippen molar-refractivity contribution >= 4 is 23.4 Å². The Morgan fingerprint density at radius 2 is 1.69 bits per heavy atom. The highest BCUT2D eigenvalue weighted by Crippen LogP contribution is 2.43. The molecule has 0 bridgehead atoms. The molecule has 2 unspecified atom stereocenters. The number of likely N-dealkylation sites (N-methyl/N-ethyl adjacent to an activating group) is 1. The fraction of sp³-hybridized carbons (Fsp3) is 0.464. The van der Waals surface area contributed by atoms with Crippen LogP contribution in [0, 0.1) is 0 Å². The molecule has 3 aliphatic rings. The second kappa shape index (κ2) is 10.0. The first-order chi connectivity index (χ1) is 17.4. The summed E-state index contributed by atoms with van der Waals surface area (Å²) < 4.78 is 0. The lowest BCUT2D eigenvalue weighted by Gasteiger charge is -2.48. The molecule has 0 spiro atoms. The molecule has 0 aromatic heterocycles. The molecule has 2 fully saturated rings. The van der Waals surface area contributed by atoms with E-state index in [0.29, 0.717) is 24.1 Å². The summed E-state index contributed by atoms with van der Waals surface area (Å²) in [5.41, 5.74) is 1.52. The molecule has 8 heteroatoms. The second-order valence-electron chi connectivity index (χ2n) is 10.3. The van der Waals surface area contributed by atoms with E-state index < -0.39 is 5.66 Å². The van der Waals surface area contributed by atoms with Crippen LogP contribution in [0.2, 0.25) is 0 Å². The third-order valence-corrected chi connectivity index (χ3v) is 7.88. The lowest BCUT2D eigenvalue weighted by atomic mass is 9.98. The molecular formula is C28H35N5O3. The Morgan fingerprint density at radius 3 is 2.44 bits per heavy atom. The van der Waals surface area contributed by atoms with E-state index in [1.807, 2.05) is 43.3 Å². The fourth-order valence-electron chi connectivity index (χ4n) is 5.73. The summed E-state index contributed by atoms with van der Waals surface area (Å²) in [5.74, 6) is -0.198. The molecule has 0 radical (unpaired) electrons. The van der Waals surface area contributed by atoms with Crippen molar-refractivity contribution in [2.75, 3.05) is 51.2 Å². The van der Waals surface area contributed by atoms with Crippen LogP contribution >= 0.6 is 0 Å². The molecule has 1 N–H and O–H groups in total. The van der Waals surface area contributed by atoms with Gasteiger partial charge in [-0.15, -0.1) is 0 Å². The summed E-state index contributed by atoms with van der Waals surface area (Å²) in [6.45, 7) is 6.92. The molecule has 5 rings (SSSR count). The van der Waals surface area contributed by atoms with E-state index in [0.717, 1.165) is 38.3 Å². The number of anilines is 1. The van der Waals surface area contributed by atoms with Gasteiger partial charge in [0, 0.05) is 52.1 Å². The van der Waals surface area contributed by atoms with Gasteiger partial charge in [0.2, 0.25) is 11.8 Å². The molecule has 2 aromatic rings. The van der Waals surface area contributed by atoms with Crippen LogP contribution in [0.25, 0.3) is 0 Å². The molecule has 0 saturated carbocycles. The smallest absolute Gasteiger partial charge is 0.257 e. The third-order valence-electron chi connectivity index (χ3n) is 7.88. The minimum absolute atomic E-state index is 0.0169. The molecule has 190 valence electrons. The number of hydrogen-bond donors (Lipinski definition) is 1. The Labute approximate surface area is 212 Å². The number of carbonyl (C=O) groups excluding carboxylic acids is 3. The number of nitrogens with one attached hydrogen (secondary N) is 1. The Kier molecular flexibility index (Phi) is 6.81. The van der Waals surface area contributed by atoms with Gasteiger partial charge in [-0.2, -0.15) is 0 Å². The van der Waals surface area contributed by atoms with Gasteiger partial charge < -0.3 is 15.1 Å². The summed E-state index contributed by atoms with van der Waals surface area (Å²) >= 11 is 0. The highest BCUT2D eigenvalue weighted by atomic mass is 16.2. The molecule has 3 amide bonds. The molecule has 3 heterocycles. The quantitative estimate of drug-likeness (QED) is 0.647. The van der Waals surface area contributed by atoms with Gasteiger partial charge in [0.1, 0.15) is 5.66 Å². The van der Waals surface area contributed by atoms with Crippen molar-refractivity contribution in [3.05, 3.63) is 65.7 Å². The van der Waals surface area contributed by atoms with E-state index in [9.17, 15) is 14.4 Å². The third kappa shape index (κ3) is 4.63. The number of para-hydroxylation sites is 1. The number of rotatable bonds is 7. The van der Waals surface area contributed by atoms with Gasteiger partial charge in [-0.1, -0.05) is 42.5 Å².